The van der Waals surface area contributed by atoms with E-state index in [1.165, 1.54) is 5.56 Å². The summed E-state index contributed by atoms with van der Waals surface area (Å²) in [7, 11) is 0. The maximum Gasteiger partial charge on any atom is 0.222 e. The van der Waals surface area contributed by atoms with Gasteiger partial charge in [0.15, 0.2) is 0 Å². The molecule has 122 valence electrons. The van der Waals surface area contributed by atoms with Gasteiger partial charge in [0, 0.05) is 32.1 Å². The highest BCUT2D eigenvalue weighted by Crippen LogP contribution is 2.14. The van der Waals surface area contributed by atoms with Crippen LogP contribution in [0.15, 0.2) is 24.3 Å². The smallest absolute Gasteiger partial charge is 0.222 e. The van der Waals surface area contributed by atoms with E-state index in [1.54, 1.807) is 0 Å². The third-order valence-electron chi connectivity index (χ3n) is 3.92. The van der Waals surface area contributed by atoms with E-state index in [2.05, 4.69) is 48.3 Å². The summed E-state index contributed by atoms with van der Waals surface area (Å²) >= 11 is 0. The maximum absolute atomic E-state index is 11.6. The fraction of sp³-hybridized carbons (Fsp3) is 0.611. The monoisotopic (exact) mass is 304 g/mol. The Morgan fingerprint density at radius 3 is 2.27 bits per heavy atom. The topological polar surface area (TPSA) is 41.6 Å². The molecule has 1 aliphatic heterocycles. The molecule has 0 saturated carbocycles. The van der Waals surface area contributed by atoms with Gasteiger partial charge in [-0.05, 0) is 25.0 Å². The Balaban J connectivity index is 1.85. The predicted octanol–water partition coefficient (Wildman–Crippen LogP) is 2.57. The first-order chi connectivity index (χ1) is 10.4. The molecule has 4 nitrogen and oxygen atoms in total. The minimum absolute atomic E-state index is 0.0320. The van der Waals surface area contributed by atoms with Gasteiger partial charge in [-0.15, -0.1) is 0 Å². The van der Waals surface area contributed by atoms with Crippen LogP contribution in [0.4, 0.5) is 0 Å². The number of benzene rings is 1. The van der Waals surface area contributed by atoms with Gasteiger partial charge >= 0.3 is 0 Å². The number of carbonyl (C=O) groups excluding carboxylic acids is 1. The fourth-order valence-corrected chi connectivity index (χ4v) is 2.83. The minimum atomic E-state index is 0.0320. The first-order valence-electron chi connectivity index (χ1n) is 8.17. The summed E-state index contributed by atoms with van der Waals surface area (Å²) in [5, 5.41) is 2.94. The molecule has 4 heteroatoms. The van der Waals surface area contributed by atoms with Crippen LogP contribution in [0.3, 0.4) is 0 Å². The third-order valence-corrected chi connectivity index (χ3v) is 3.92. The number of carbonyl (C=O) groups is 1. The van der Waals surface area contributed by atoms with Crippen molar-refractivity contribution >= 4 is 5.91 Å². The van der Waals surface area contributed by atoms with Crippen LogP contribution in [0.1, 0.15) is 38.8 Å². The minimum Gasteiger partial charge on any atom is -0.373 e. The highest BCUT2D eigenvalue weighted by atomic mass is 16.5. The summed E-state index contributed by atoms with van der Waals surface area (Å²) in [5.74, 6) is 0.130. The highest BCUT2D eigenvalue weighted by Gasteiger charge is 2.21. The lowest BCUT2D eigenvalue weighted by atomic mass is 10.1. The number of nitrogens with zero attached hydrogens (tertiary/aromatic N) is 1. The molecule has 1 fully saturated rings. The Labute approximate surface area is 133 Å². The van der Waals surface area contributed by atoms with Crippen LogP contribution in [-0.2, 0) is 22.6 Å². The van der Waals surface area contributed by atoms with Gasteiger partial charge in [-0.1, -0.05) is 38.1 Å². The van der Waals surface area contributed by atoms with Crippen LogP contribution >= 0.6 is 0 Å². The zero-order chi connectivity index (χ0) is 16.1. The number of ether oxygens (including phenoxy) is 1. The van der Waals surface area contributed by atoms with E-state index in [1.807, 2.05) is 13.8 Å². The second kappa shape index (κ2) is 7.75. The lowest BCUT2D eigenvalue weighted by Gasteiger charge is -2.35. The van der Waals surface area contributed by atoms with E-state index >= 15 is 0 Å². The van der Waals surface area contributed by atoms with Crippen molar-refractivity contribution in [1.82, 2.24) is 10.2 Å². The van der Waals surface area contributed by atoms with Crippen molar-refractivity contribution in [2.75, 3.05) is 13.1 Å². The second-order valence-electron chi connectivity index (χ2n) is 6.64. The van der Waals surface area contributed by atoms with Crippen LogP contribution in [0.5, 0.6) is 0 Å². The van der Waals surface area contributed by atoms with Crippen molar-refractivity contribution in [3.63, 3.8) is 0 Å². The standard InChI is InChI=1S/C18H28N2O2/c1-13(2)18(21)19-9-16-5-7-17(8-6-16)12-20-10-14(3)22-15(4)11-20/h5-8,13-15H,9-12H2,1-4H3,(H,19,21)/t14-,15-/m1/s1. The Hall–Kier alpha value is -1.39. The maximum atomic E-state index is 11.6. The number of amides is 1. The molecule has 22 heavy (non-hydrogen) atoms. The Bertz CT molecular complexity index is 474. The molecule has 1 aliphatic rings. The lowest BCUT2D eigenvalue weighted by Crippen LogP contribution is -2.44. The van der Waals surface area contributed by atoms with Gasteiger partial charge < -0.3 is 10.1 Å². The number of nitrogens with one attached hydrogen (secondary N) is 1. The molecule has 0 spiro atoms. The molecule has 0 unspecified atom stereocenters. The van der Waals surface area contributed by atoms with E-state index in [4.69, 9.17) is 4.74 Å². The molecule has 1 heterocycles. The lowest BCUT2D eigenvalue weighted by molar-refractivity contribution is -0.124. The third kappa shape index (κ3) is 5.11. The molecule has 1 amide bonds. The van der Waals surface area contributed by atoms with Gasteiger partial charge in [-0.25, -0.2) is 0 Å². The normalized spacial score (nSPS) is 22.8. The van der Waals surface area contributed by atoms with Crippen molar-refractivity contribution < 1.29 is 9.53 Å². The Morgan fingerprint density at radius 1 is 1.18 bits per heavy atom. The highest BCUT2D eigenvalue weighted by molar-refractivity contribution is 5.77. The molecular weight excluding hydrogens is 276 g/mol. The van der Waals surface area contributed by atoms with Crippen molar-refractivity contribution in [3.8, 4) is 0 Å². The summed E-state index contributed by atoms with van der Waals surface area (Å²) in [6.45, 7) is 11.6. The van der Waals surface area contributed by atoms with Gasteiger partial charge in [0.1, 0.15) is 0 Å². The average Bonchev–Trinajstić information content (AvgIpc) is 2.45. The van der Waals surface area contributed by atoms with Crippen LogP contribution in [0, 0.1) is 5.92 Å². The SMILES string of the molecule is CC(C)C(=O)NCc1ccc(CN2C[C@@H](C)O[C@H](C)C2)cc1. The number of rotatable bonds is 5. The molecule has 1 N–H and O–H groups in total. The molecule has 0 radical (unpaired) electrons. The zero-order valence-electron chi connectivity index (χ0n) is 14.1. The average molecular weight is 304 g/mol. The number of hydrogen-bond acceptors (Lipinski definition) is 3. The van der Waals surface area contributed by atoms with E-state index in [9.17, 15) is 4.79 Å². The van der Waals surface area contributed by atoms with E-state index < -0.39 is 0 Å². The zero-order valence-corrected chi connectivity index (χ0v) is 14.1. The van der Waals surface area contributed by atoms with Gasteiger partial charge in [0.25, 0.3) is 0 Å². The number of hydrogen-bond donors (Lipinski definition) is 1. The number of morpholine rings is 1. The van der Waals surface area contributed by atoms with Crippen molar-refractivity contribution in [2.24, 2.45) is 5.92 Å². The first-order valence-corrected chi connectivity index (χ1v) is 8.17. The Morgan fingerprint density at radius 2 is 1.73 bits per heavy atom. The van der Waals surface area contributed by atoms with Gasteiger partial charge in [0.05, 0.1) is 12.2 Å². The van der Waals surface area contributed by atoms with Crippen molar-refractivity contribution in [3.05, 3.63) is 35.4 Å². The predicted molar refractivity (Wildman–Crippen MR) is 88.4 cm³/mol. The van der Waals surface area contributed by atoms with Crippen LogP contribution in [-0.4, -0.2) is 36.1 Å². The summed E-state index contributed by atoms with van der Waals surface area (Å²) in [4.78, 5) is 14.0. The first kappa shape index (κ1) is 17.0. The molecular formula is C18H28N2O2. The van der Waals surface area contributed by atoms with Crippen LogP contribution < -0.4 is 5.32 Å². The molecule has 1 aromatic carbocycles. The molecule has 1 aromatic rings. The van der Waals surface area contributed by atoms with Crippen molar-refractivity contribution in [1.29, 1.82) is 0 Å². The molecule has 2 atom stereocenters. The van der Waals surface area contributed by atoms with E-state index in [0.717, 1.165) is 25.2 Å². The van der Waals surface area contributed by atoms with Gasteiger partial charge in [-0.2, -0.15) is 0 Å². The fourth-order valence-electron chi connectivity index (χ4n) is 2.83. The summed E-state index contributed by atoms with van der Waals surface area (Å²) < 4.78 is 5.76. The Kier molecular flexibility index (Phi) is 5.98. The quantitative estimate of drug-likeness (QED) is 0.909. The van der Waals surface area contributed by atoms with Crippen molar-refractivity contribution in [2.45, 2.75) is 53.0 Å². The van der Waals surface area contributed by atoms with Crippen LogP contribution in [0.2, 0.25) is 0 Å². The summed E-state index contributed by atoms with van der Waals surface area (Å²) in [5.41, 5.74) is 2.45. The largest absolute Gasteiger partial charge is 0.373 e. The summed E-state index contributed by atoms with van der Waals surface area (Å²) in [6, 6.07) is 8.51. The van der Waals surface area contributed by atoms with E-state index in [0.29, 0.717) is 18.8 Å². The van der Waals surface area contributed by atoms with Gasteiger partial charge in [0.2, 0.25) is 5.91 Å². The van der Waals surface area contributed by atoms with E-state index in [-0.39, 0.29) is 11.8 Å². The molecule has 0 bridgehead atoms. The van der Waals surface area contributed by atoms with Gasteiger partial charge in [-0.3, -0.25) is 9.69 Å². The molecule has 2 rings (SSSR count). The molecule has 0 aromatic heterocycles. The van der Waals surface area contributed by atoms with Crippen LogP contribution in [0.25, 0.3) is 0 Å². The second-order valence-corrected chi connectivity index (χ2v) is 6.64. The summed E-state index contributed by atoms with van der Waals surface area (Å²) in [6.07, 6.45) is 0.600. The molecule has 0 aliphatic carbocycles. The molecule has 1 saturated heterocycles.